The van der Waals surface area contributed by atoms with Crippen LogP contribution in [-0.2, 0) is 12.8 Å². The molecular formula is C17H15BrN4. The first-order chi connectivity index (χ1) is 10.7. The molecule has 22 heavy (non-hydrogen) atoms. The van der Waals surface area contributed by atoms with Gasteiger partial charge < -0.3 is 0 Å². The van der Waals surface area contributed by atoms with Crippen molar-refractivity contribution in [1.82, 2.24) is 19.7 Å². The molecule has 1 aromatic carbocycles. The lowest BCUT2D eigenvalue weighted by Crippen LogP contribution is -2.04. The van der Waals surface area contributed by atoms with Crippen LogP contribution in [0.4, 0.5) is 0 Å². The molecule has 0 radical (unpaired) electrons. The molecule has 0 fully saturated rings. The third-order valence-corrected chi connectivity index (χ3v) is 4.47. The summed E-state index contributed by atoms with van der Waals surface area (Å²) in [5.41, 5.74) is 4.34. The third-order valence-electron chi connectivity index (χ3n) is 3.98. The maximum absolute atomic E-state index is 4.61. The SMILES string of the molecule is Cc1cccc(-c2nnc3n2-c2ccc(Br)cc2CCC3)n1. The summed E-state index contributed by atoms with van der Waals surface area (Å²) in [4.78, 5) is 4.61. The van der Waals surface area contributed by atoms with Gasteiger partial charge in [0.15, 0.2) is 5.82 Å². The number of benzene rings is 1. The van der Waals surface area contributed by atoms with Gasteiger partial charge in [-0.15, -0.1) is 10.2 Å². The highest BCUT2D eigenvalue weighted by Gasteiger charge is 2.21. The van der Waals surface area contributed by atoms with E-state index in [4.69, 9.17) is 0 Å². The third kappa shape index (κ3) is 2.25. The molecule has 5 heteroatoms. The maximum Gasteiger partial charge on any atom is 0.187 e. The van der Waals surface area contributed by atoms with Gasteiger partial charge in [-0.05, 0) is 55.7 Å². The van der Waals surface area contributed by atoms with E-state index < -0.39 is 0 Å². The van der Waals surface area contributed by atoms with E-state index in [0.29, 0.717) is 0 Å². The molecule has 4 rings (SSSR count). The van der Waals surface area contributed by atoms with Crippen LogP contribution in [0.15, 0.2) is 40.9 Å². The second-order valence-electron chi connectivity index (χ2n) is 5.57. The summed E-state index contributed by atoms with van der Waals surface area (Å²) in [5, 5.41) is 8.82. The summed E-state index contributed by atoms with van der Waals surface area (Å²) < 4.78 is 3.27. The fourth-order valence-corrected chi connectivity index (χ4v) is 3.38. The molecule has 0 atom stereocenters. The molecule has 3 heterocycles. The number of aryl methyl sites for hydroxylation is 3. The molecule has 0 spiro atoms. The fraction of sp³-hybridized carbons (Fsp3) is 0.235. The van der Waals surface area contributed by atoms with E-state index in [1.165, 1.54) is 11.3 Å². The van der Waals surface area contributed by atoms with Crippen LogP contribution < -0.4 is 0 Å². The van der Waals surface area contributed by atoms with E-state index in [1.807, 2.05) is 25.1 Å². The average molecular weight is 355 g/mol. The molecule has 2 aromatic heterocycles. The molecule has 4 nitrogen and oxygen atoms in total. The summed E-state index contributed by atoms with van der Waals surface area (Å²) in [6, 6.07) is 12.4. The number of hydrogen-bond acceptors (Lipinski definition) is 3. The molecule has 0 amide bonds. The van der Waals surface area contributed by atoms with E-state index in [1.54, 1.807) is 0 Å². The van der Waals surface area contributed by atoms with E-state index in [-0.39, 0.29) is 0 Å². The minimum absolute atomic E-state index is 0.823. The highest BCUT2D eigenvalue weighted by atomic mass is 79.9. The second kappa shape index (κ2) is 5.32. The lowest BCUT2D eigenvalue weighted by atomic mass is 10.1. The number of aromatic nitrogens is 4. The molecule has 0 aliphatic carbocycles. The van der Waals surface area contributed by atoms with Crippen molar-refractivity contribution in [2.45, 2.75) is 26.2 Å². The first kappa shape index (κ1) is 13.6. The van der Waals surface area contributed by atoms with Gasteiger partial charge in [-0.1, -0.05) is 22.0 Å². The average Bonchev–Trinajstić information content (AvgIpc) is 2.83. The van der Waals surface area contributed by atoms with Gasteiger partial charge in [0.2, 0.25) is 0 Å². The highest BCUT2D eigenvalue weighted by molar-refractivity contribution is 9.10. The molecule has 110 valence electrons. The predicted molar refractivity (Wildman–Crippen MR) is 89.1 cm³/mol. The Bertz CT molecular complexity index is 854. The topological polar surface area (TPSA) is 43.6 Å². The molecule has 1 aliphatic rings. The van der Waals surface area contributed by atoms with Gasteiger partial charge in [0, 0.05) is 16.6 Å². The molecule has 0 unspecified atom stereocenters. The van der Waals surface area contributed by atoms with Gasteiger partial charge in [0.05, 0.1) is 5.69 Å². The number of rotatable bonds is 1. The zero-order valence-corrected chi connectivity index (χ0v) is 13.8. The Labute approximate surface area is 137 Å². The quantitative estimate of drug-likeness (QED) is 0.665. The van der Waals surface area contributed by atoms with Gasteiger partial charge in [0.25, 0.3) is 0 Å². The highest BCUT2D eigenvalue weighted by Crippen LogP contribution is 2.30. The minimum Gasteiger partial charge on any atom is -0.277 e. The first-order valence-electron chi connectivity index (χ1n) is 7.39. The molecule has 1 aliphatic heterocycles. The number of halogens is 1. The van der Waals surface area contributed by atoms with Crippen LogP contribution in [-0.4, -0.2) is 19.7 Å². The zero-order valence-electron chi connectivity index (χ0n) is 12.3. The second-order valence-corrected chi connectivity index (χ2v) is 6.48. The van der Waals surface area contributed by atoms with Crippen molar-refractivity contribution in [3.8, 4) is 17.2 Å². The van der Waals surface area contributed by atoms with Crippen LogP contribution in [0.1, 0.15) is 23.5 Å². The van der Waals surface area contributed by atoms with Crippen molar-refractivity contribution in [2.24, 2.45) is 0 Å². The van der Waals surface area contributed by atoms with Crippen molar-refractivity contribution in [3.05, 3.63) is 58.0 Å². The van der Waals surface area contributed by atoms with Crippen LogP contribution in [0.5, 0.6) is 0 Å². The van der Waals surface area contributed by atoms with E-state index in [9.17, 15) is 0 Å². The summed E-state index contributed by atoms with van der Waals surface area (Å²) in [7, 11) is 0. The summed E-state index contributed by atoms with van der Waals surface area (Å²) in [5.74, 6) is 1.84. The van der Waals surface area contributed by atoms with Crippen molar-refractivity contribution in [1.29, 1.82) is 0 Å². The Morgan fingerprint density at radius 2 is 2.00 bits per heavy atom. The Morgan fingerprint density at radius 3 is 2.86 bits per heavy atom. The Hall–Kier alpha value is -2.01. The van der Waals surface area contributed by atoms with Crippen molar-refractivity contribution < 1.29 is 0 Å². The Morgan fingerprint density at radius 1 is 1.09 bits per heavy atom. The number of pyridine rings is 1. The number of hydrogen-bond donors (Lipinski definition) is 0. The molecule has 3 aromatic rings. The normalized spacial score (nSPS) is 13.4. The standard InChI is InChI=1S/C17H15BrN4/c1-11-4-2-6-14(19-11)17-21-20-16-7-3-5-12-10-13(18)8-9-15(12)22(16)17/h2,4,6,8-10H,3,5,7H2,1H3. The first-order valence-corrected chi connectivity index (χ1v) is 8.19. The van der Waals surface area contributed by atoms with E-state index >= 15 is 0 Å². The summed E-state index contributed by atoms with van der Waals surface area (Å²) in [6.07, 6.45) is 3.08. The monoisotopic (exact) mass is 354 g/mol. The maximum atomic E-state index is 4.61. The molecular weight excluding hydrogens is 340 g/mol. The van der Waals surface area contributed by atoms with Gasteiger partial charge in [-0.2, -0.15) is 0 Å². The summed E-state index contributed by atoms with van der Waals surface area (Å²) in [6.45, 7) is 1.99. The van der Waals surface area contributed by atoms with Crippen molar-refractivity contribution in [2.75, 3.05) is 0 Å². The van der Waals surface area contributed by atoms with Crippen LogP contribution in [0.2, 0.25) is 0 Å². The van der Waals surface area contributed by atoms with Gasteiger partial charge in [0.1, 0.15) is 11.5 Å². The molecule has 0 bridgehead atoms. The number of nitrogens with zero attached hydrogens (tertiary/aromatic N) is 4. The molecule has 0 saturated carbocycles. The van der Waals surface area contributed by atoms with Gasteiger partial charge in [-0.25, -0.2) is 4.98 Å². The smallest absolute Gasteiger partial charge is 0.187 e. The van der Waals surface area contributed by atoms with Crippen LogP contribution in [0.25, 0.3) is 17.2 Å². The minimum atomic E-state index is 0.823. The van der Waals surface area contributed by atoms with E-state index in [2.05, 4.69) is 53.9 Å². The van der Waals surface area contributed by atoms with Gasteiger partial charge >= 0.3 is 0 Å². The van der Waals surface area contributed by atoms with Gasteiger partial charge in [-0.3, -0.25) is 4.57 Å². The van der Waals surface area contributed by atoms with Crippen molar-refractivity contribution >= 4 is 15.9 Å². The lowest BCUT2D eigenvalue weighted by Gasteiger charge is -2.12. The summed E-state index contributed by atoms with van der Waals surface area (Å²) >= 11 is 3.57. The van der Waals surface area contributed by atoms with Crippen molar-refractivity contribution in [3.63, 3.8) is 0 Å². The molecule has 0 N–H and O–H groups in total. The Balaban J connectivity index is 1.96. The Kier molecular flexibility index (Phi) is 3.30. The van der Waals surface area contributed by atoms with Crippen LogP contribution in [0.3, 0.4) is 0 Å². The largest absolute Gasteiger partial charge is 0.277 e. The lowest BCUT2D eigenvalue weighted by molar-refractivity contribution is 0.782. The predicted octanol–water partition coefficient (Wildman–Crippen LogP) is 3.89. The van der Waals surface area contributed by atoms with Crippen LogP contribution in [0, 0.1) is 6.92 Å². The van der Waals surface area contributed by atoms with Crippen LogP contribution >= 0.6 is 15.9 Å². The molecule has 0 saturated heterocycles. The van der Waals surface area contributed by atoms with E-state index in [0.717, 1.165) is 46.8 Å². The fourth-order valence-electron chi connectivity index (χ4n) is 2.97. The number of fused-ring (bicyclic) bond motifs is 3. The zero-order chi connectivity index (χ0) is 15.1.